The van der Waals surface area contributed by atoms with Gasteiger partial charge in [-0.1, -0.05) is 6.92 Å². The van der Waals surface area contributed by atoms with Gasteiger partial charge in [0.1, 0.15) is 21.9 Å². The third-order valence-electron chi connectivity index (χ3n) is 7.60. The first-order valence-electron chi connectivity index (χ1n) is 11.4. The lowest BCUT2D eigenvalue weighted by Gasteiger charge is -2.33. The van der Waals surface area contributed by atoms with Gasteiger partial charge in [-0.3, -0.25) is 4.98 Å². The number of aliphatic hydroxyl groups is 2. The molecule has 3 aromatic rings. The average molecular weight is 453 g/mol. The van der Waals surface area contributed by atoms with Gasteiger partial charge in [-0.2, -0.15) is 4.98 Å². The van der Waals surface area contributed by atoms with Crippen molar-refractivity contribution in [3.05, 3.63) is 23.7 Å². The normalized spacial score (nSPS) is 31.0. The van der Waals surface area contributed by atoms with Crippen LogP contribution in [0.3, 0.4) is 0 Å². The Bertz CT molecular complexity index is 1230. The van der Waals surface area contributed by atoms with Gasteiger partial charge in [0, 0.05) is 12.7 Å². The molecule has 9 heteroatoms. The summed E-state index contributed by atoms with van der Waals surface area (Å²) in [4.78, 5) is 18.7. The summed E-state index contributed by atoms with van der Waals surface area (Å²) < 4.78 is 1.04. The molecule has 6 rings (SSSR count). The summed E-state index contributed by atoms with van der Waals surface area (Å²) >= 11 is 1.56. The van der Waals surface area contributed by atoms with E-state index < -0.39 is 11.3 Å². The Labute approximate surface area is 190 Å². The van der Waals surface area contributed by atoms with Crippen molar-refractivity contribution < 1.29 is 10.2 Å². The minimum atomic E-state index is -1.42. The maximum atomic E-state index is 11.5. The minimum absolute atomic E-state index is 0.0590. The molecule has 4 atom stereocenters. The highest BCUT2D eigenvalue weighted by atomic mass is 32.1. The molecule has 3 saturated carbocycles. The molecule has 3 aliphatic rings. The molecule has 0 radical (unpaired) electrons. The van der Waals surface area contributed by atoms with E-state index in [2.05, 4.69) is 15.6 Å². The molecule has 8 nitrogen and oxygen atoms in total. The second-order valence-corrected chi connectivity index (χ2v) is 10.7. The van der Waals surface area contributed by atoms with Gasteiger partial charge in [0.2, 0.25) is 5.95 Å². The molecule has 32 heavy (non-hydrogen) atoms. The molecule has 0 amide bonds. The van der Waals surface area contributed by atoms with Crippen molar-refractivity contribution in [2.24, 2.45) is 17.8 Å². The number of aryl methyl sites for hydroxylation is 2. The van der Waals surface area contributed by atoms with E-state index in [1.54, 1.807) is 17.5 Å². The summed E-state index contributed by atoms with van der Waals surface area (Å²) in [5, 5.41) is 30.0. The lowest BCUT2D eigenvalue weighted by atomic mass is 10.0. The predicted octanol–water partition coefficient (Wildman–Crippen LogP) is 3.48. The second kappa shape index (κ2) is 6.82. The van der Waals surface area contributed by atoms with Gasteiger partial charge >= 0.3 is 0 Å². The Morgan fingerprint density at radius 1 is 1.12 bits per heavy atom. The molecular weight excluding hydrogens is 424 g/mol. The Morgan fingerprint density at radius 2 is 1.94 bits per heavy atom. The van der Waals surface area contributed by atoms with E-state index in [1.165, 1.54) is 12.8 Å². The summed E-state index contributed by atoms with van der Waals surface area (Å²) in [6.45, 7) is 6.73. The predicted molar refractivity (Wildman–Crippen MR) is 125 cm³/mol. The number of anilines is 2. The van der Waals surface area contributed by atoms with Crippen LogP contribution in [-0.4, -0.2) is 48.0 Å². The number of thiazole rings is 1. The molecule has 0 aliphatic heterocycles. The van der Waals surface area contributed by atoms with Gasteiger partial charge in [-0.15, -0.1) is 11.3 Å². The highest BCUT2D eigenvalue weighted by molar-refractivity contribution is 7.21. The van der Waals surface area contributed by atoms with Gasteiger partial charge in [0.05, 0.1) is 21.7 Å². The average Bonchev–Trinajstić information content (AvgIpc) is 3.58. The molecule has 0 aromatic carbocycles. The van der Waals surface area contributed by atoms with Crippen molar-refractivity contribution in [1.29, 1.82) is 0 Å². The van der Waals surface area contributed by atoms with Crippen LogP contribution in [0.4, 0.5) is 11.8 Å². The molecule has 0 bridgehead atoms. The highest BCUT2D eigenvalue weighted by Gasteiger charge is 2.76. The van der Waals surface area contributed by atoms with Crippen LogP contribution in [0, 0.1) is 31.6 Å². The quantitative estimate of drug-likeness (QED) is 0.420. The molecule has 3 aliphatic carbocycles. The van der Waals surface area contributed by atoms with Gasteiger partial charge in [0.25, 0.3) is 0 Å². The van der Waals surface area contributed by atoms with E-state index >= 15 is 0 Å². The zero-order chi connectivity index (χ0) is 22.3. The van der Waals surface area contributed by atoms with Crippen LogP contribution >= 0.6 is 11.3 Å². The molecule has 0 saturated heterocycles. The zero-order valence-corrected chi connectivity index (χ0v) is 19.3. The van der Waals surface area contributed by atoms with E-state index in [-0.39, 0.29) is 11.8 Å². The van der Waals surface area contributed by atoms with Crippen molar-refractivity contribution in [1.82, 2.24) is 19.9 Å². The number of fused-ring (bicyclic) bond motifs is 2. The standard InChI is InChI=1S/C23H28N6O2S/c1-11-15-6-8-22(30,23(11,15)31)29-19-17(12(2)26-21(28-19)25-10-14-4-5-14)20-27-18-13(3)24-9-7-16(18)32-20/h7,9,11,14-15,30-31H,4-6,8,10H2,1-3H3,(H2,25,26,28,29). The fourth-order valence-electron chi connectivity index (χ4n) is 5.35. The molecule has 168 valence electrons. The van der Waals surface area contributed by atoms with E-state index in [0.717, 1.165) is 45.1 Å². The van der Waals surface area contributed by atoms with Crippen LogP contribution in [0.5, 0.6) is 0 Å². The number of nitrogens with one attached hydrogen (secondary N) is 2. The van der Waals surface area contributed by atoms with Crippen molar-refractivity contribution >= 4 is 33.3 Å². The van der Waals surface area contributed by atoms with Crippen LogP contribution in [-0.2, 0) is 0 Å². The molecule has 3 aromatic heterocycles. The minimum Gasteiger partial charge on any atom is -0.384 e. The summed E-state index contributed by atoms with van der Waals surface area (Å²) in [6, 6.07) is 1.96. The number of nitrogens with zero attached hydrogens (tertiary/aromatic N) is 4. The molecular formula is C23H28N6O2S. The van der Waals surface area contributed by atoms with Gasteiger partial charge in [-0.25, -0.2) is 9.97 Å². The fraction of sp³-hybridized carbons (Fsp3) is 0.565. The Balaban J connectivity index is 1.44. The third-order valence-corrected chi connectivity index (χ3v) is 8.64. The molecule has 3 heterocycles. The van der Waals surface area contributed by atoms with Gasteiger partial charge in [-0.05, 0) is 63.4 Å². The zero-order valence-electron chi connectivity index (χ0n) is 18.5. The summed E-state index contributed by atoms with van der Waals surface area (Å²) in [7, 11) is 0. The van der Waals surface area contributed by atoms with Crippen LogP contribution < -0.4 is 10.6 Å². The van der Waals surface area contributed by atoms with Gasteiger partial charge < -0.3 is 20.8 Å². The lowest BCUT2D eigenvalue weighted by molar-refractivity contribution is -0.0713. The van der Waals surface area contributed by atoms with Crippen molar-refractivity contribution in [3.8, 4) is 10.6 Å². The molecule has 4 N–H and O–H groups in total. The third kappa shape index (κ3) is 2.94. The first-order chi connectivity index (χ1) is 15.3. The Kier molecular flexibility index (Phi) is 4.32. The number of pyridine rings is 1. The maximum Gasteiger partial charge on any atom is 0.224 e. The van der Waals surface area contributed by atoms with Crippen LogP contribution in [0.1, 0.15) is 44.0 Å². The van der Waals surface area contributed by atoms with E-state index in [9.17, 15) is 10.2 Å². The van der Waals surface area contributed by atoms with Crippen molar-refractivity contribution in [2.45, 2.75) is 57.8 Å². The second-order valence-electron chi connectivity index (χ2n) is 9.69. The Morgan fingerprint density at radius 3 is 2.62 bits per heavy atom. The number of hydrogen-bond acceptors (Lipinski definition) is 9. The first-order valence-corrected chi connectivity index (χ1v) is 12.2. The van der Waals surface area contributed by atoms with Crippen LogP contribution in [0.25, 0.3) is 20.8 Å². The molecule has 0 spiro atoms. The Hall–Kier alpha value is -2.36. The summed E-state index contributed by atoms with van der Waals surface area (Å²) in [5.41, 5.74) is 0.728. The van der Waals surface area contributed by atoms with E-state index in [4.69, 9.17) is 15.0 Å². The van der Waals surface area contributed by atoms with E-state index in [1.807, 2.05) is 26.8 Å². The van der Waals surface area contributed by atoms with Crippen LogP contribution in [0.2, 0.25) is 0 Å². The van der Waals surface area contributed by atoms with Crippen molar-refractivity contribution in [3.63, 3.8) is 0 Å². The fourth-order valence-corrected chi connectivity index (χ4v) is 6.46. The number of rotatable bonds is 6. The van der Waals surface area contributed by atoms with E-state index in [0.29, 0.717) is 24.1 Å². The summed E-state index contributed by atoms with van der Waals surface area (Å²) in [5.74, 6) is 1.91. The van der Waals surface area contributed by atoms with Crippen molar-refractivity contribution in [2.75, 3.05) is 17.2 Å². The molecule has 4 unspecified atom stereocenters. The first kappa shape index (κ1) is 20.3. The lowest BCUT2D eigenvalue weighted by Crippen LogP contribution is -2.50. The summed E-state index contributed by atoms with van der Waals surface area (Å²) in [6.07, 6.45) is 5.53. The number of hydrogen-bond donors (Lipinski definition) is 4. The monoisotopic (exact) mass is 452 g/mol. The number of aromatic nitrogens is 4. The highest BCUT2D eigenvalue weighted by Crippen LogP contribution is 2.65. The smallest absolute Gasteiger partial charge is 0.224 e. The largest absolute Gasteiger partial charge is 0.384 e. The topological polar surface area (TPSA) is 116 Å². The maximum absolute atomic E-state index is 11.5. The SMILES string of the molecule is Cc1nc(NCC2CC2)nc(NC2(O)CCC3C(C)C32O)c1-c1nc2c(C)nccc2s1. The van der Waals surface area contributed by atoms with Crippen LogP contribution in [0.15, 0.2) is 12.3 Å². The molecule has 3 fully saturated rings. The van der Waals surface area contributed by atoms with Gasteiger partial charge in [0.15, 0.2) is 5.72 Å².